The van der Waals surface area contributed by atoms with Crippen molar-refractivity contribution in [2.45, 2.75) is 96.8 Å². The van der Waals surface area contributed by atoms with Gasteiger partial charge in [0.05, 0.1) is 10.7 Å². The number of hydrogen-bond donors (Lipinski definition) is 2. The third kappa shape index (κ3) is 11.4. The van der Waals surface area contributed by atoms with Crippen LogP contribution in [0, 0.1) is 3.70 Å². The molecule has 0 aliphatic heterocycles. The highest BCUT2D eigenvalue weighted by atomic mass is 127. The van der Waals surface area contributed by atoms with Crippen LogP contribution >= 0.6 is 34.2 Å². The van der Waals surface area contributed by atoms with E-state index in [1.54, 1.807) is 6.07 Å². The quantitative estimate of drug-likeness (QED) is 0.124. The molecule has 1 heterocycles. The summed E-state index contributed by atoms with van der Waals surface area (Å²) in [5, 5.41) is 12.6. The number of nitrogens with one attached hydrogen (secondary N) is 1. The van der Waals surface area contributed by atoms with Gasteiger partial charge in [-0.05, 0) is 35.1 Å². The zero-order valence-corrected chi connectivity index (χ0v) is 20.2. The van der Waals surface area contributed by atoms with Crippen LogP contribution < -0.4 is 5.32 Å². The van der Waals surface area contributed by atoms with Crippen molar-refractivity contribution in [1.82, 2.24) is 4.98 Å². The number of rotatable bonds is 17. The molecule has 0 spiro atoms. The Hall–Kier alpha value is -0.560. The topological polar surface area (TPSA) is 62.2 Å². The van der Waals surface area contributed by atoms with Gasteiger partial charge in [-0.15, -0.1) is 0 Å². The Morgan fingerprint density at radius 1 is 0.964 bits per heavy atom. The number of anilines is 1. The number of aromatic carboxylic acids is 1. The van der Waals surface area contributed by atoms with Crippen molar-refractivity contribution in [2.75, 3.05) is 11.9 Å². The molecule has 0 aromatic carbocycles. The second-order valence-corrected chi connectivity index (χ2v) is 8.97. The molecule has 0 amide bonds. The molecule has 1 aromatic rings. The molecule has 6 heteroatoms. The van der Waals surface area contributed by atoms with Gasteiger partial charge in [0, 0.05) is 6.54 Å². The van der Waals surface area contributed by atoms with Crippen LogP contribution in [0.3, 0.4) is 0 Å². The number of pyridine rings is 1. The second-order valence-electron chi connectivity index (χ2n) is 7.48. The third-order valence-electron chi connectivity index (χ3n) is 4.97. The Kier molecular flexibility index (Phi) is 14.8. The summed E-state index contributed by atoms with van der Waals surface area (Å²) in [5.74, 6) is -1.09. The molecule has 1 rings (SSSR count). The number of aromatic nitrogens is 1. The molecular weight excluding hydrogens is 487 g/mol. The van der Waals surface area contributed by atoms with Crippen molar-refractivity contribution in [3.63, 3.8) is 0 Å². The Morgan fingerprint density at radius 2 is 1.43 bits per heavy atom. The maximum Gasteiger partial charge on any atom is 0.356 e. The predicted molar refractivity (Wildman–Crippen MR) is 128 cm³/mol. The molecule has 0 saturated carbocycles. The molecule has 0 radical (unpaired) electrons. The van der Waals surface area contributed by atoms with Gasteiger partial charge in [-0.25, -0.2) is 9.78 Å². The number of carbonyl (C=O) groups is 1. The van der Waals surface area contributed by atoms with Gasteiger partial charge < -0.3 is 10.4 Å². The van der Waals surface area contributed by atoms with E-state index >= 15 is 0 Å². The van der Waals surface area contributed by atoms with E-state index in [0.717, 1.165) is 13.0 Å². The molecule has 0 aliphatic rings. The van der Waals surface area contributed by atoms with Crippen LogP contribution in [0.2, 0.25) is 5.02 Å². The molecule has 0 aliphatic carbocycles. The van der Waals surface area contributed by atoms with E-state index < -0.39 is 5.97 Å². The number of unbranched alkanes of at least 4 members (excludes halogenated alkanes) is 13. The fourth-order valence-corrected chi connectivity index (χ4v) is 4.11. The molecule has 160 valence electrons. The Balaban J connectivity index is 1.99. The van der Waals surface area contributed by atoms with Crippen molar-refractivity contribution < 1.29 is 9.90 Å². The van der Waals surface area contributed by atoms with E-state index in [2.05, 4.69) is 17.2 Å². The first kappa shape index (κ1) is 25.5. The highest BCUT2D eigenvalue weighted by Gasteiger charge is 2.15. The fraction of sp³-hybridized carbons (Fsp3) is 0.727. The van der Waals surface area contributed by atoms with E-state index in [4.69, 9.17) is 16.7 Å². The molecule has 28 heavy (non-hydrogen) atoms. The minimum absolute atomic E-state index is 0.0861. The summed E-state index contributed by atoms with van der Waals surface area (Å²) in [6.07, 6.45) is 18.7. The van der Waals surface area contributed by atoms with Crippen molar-refractivity contribution in [3.05, 3.63) is 20.5 Å². The van der Waals surface area contributed by atoms with E-state index in [-0.39, 0.29) is 10.7 Å². The average Bonchev–Trinajstić information content (AvgIpc) is 2.67. The largest absolute Gasteiger partial charge is 0.476 e. The zero-order chi connectivity index (χ0) is 20.6. The van der Waals surface area contributed by atoms with Gasteiger partial charge in [-0.3, -0.25) is 0 Å². The van der Waals surface area contributed by atoms with Crippen LogP contribution in [0.15, 0.2) is 6.07 Å². The van der Waals surface area contributed by atoms with E-state index in [1.165, 1.54) is 83.5 Å². The number of hydrogen-bond acceptors (Lipinski definition) is 3. The van der Waals surface area contributed by atoms with Crippen molar-refractivity contribution >= 4 is 45.8 Å². The summed E-state index contributed by atoms with van der Waals surface area (Å²) in [7, 11) is 0. The lowest BCUT2D eigenvalue weighted by Crippen LogP contribution is -2.08. The first-order valence-corrected chi connectivity index (χ1v) is 12.3. The van der Waals surface area contributed by atoms with Gasteiger partial charge in [-0.1, -0.05) is 102 Å². The minimum Gasteiger partial charge on any atom is -0.476 e. The molecular formula is C22H36ClIN2O2. The van der Waals surface area contributed by atoms with Crippen LogP contribution in [-0.4, -0.2) is 22.6 Å². The summed E-state index contributed by atoms with van der Waals surface area (Å²) in [4.78, 5) is 15.1. The first-order valence-electron chi connectivity index (χ1n) is 10.9. The maximum absolute atomic E-state index is 11.2. The van der Waals surface area contributed by atoms with Crippen LogP contribution in [-0.2, 0) is 0 Å². The number of carboxylic acids is 1. The van der Waals surface area contributed by atoms with Crippen molar-refractivity contribution in [3.8, 4) is 0 Å². The molecule has 0 saturated heterocycles. The van der Waals surface area contributed by atoms with Gasteiger partial charge in [0.25, 0.3) is 0 Å². The SMILES string of the molecule is CCCCCCCCCCCCCCCCNc1cc(I)nc(C(=O)O)c1Cl. The van der Waals surface area contributed by atoms with E-state index in [0.29, 0.717) is 9.39 Å². The van der Waals surface area contributed by atoms with Gasteiger partial charge in [0.15, 0.2) is 5.69 Å². The zero-order valence-electron chi connectivity index (χ0n) is 17.2. The third-order valence-corrected chi connectivity index (χ3v) is 5.91. The maximum atomic E-state index is 11.2. The smallest absolute Gasteiger partial charge is 0.356 e. The first-order chi connectivity index (χ1) is 13.6. The molecule has 0 unspecified atom stereocenters. The number of nitrogens with zero attached hydrogens (tertiary/aromatic N) is 1. The van der Waals surface area contributed by atoms with Gasteiger partial charge in [-0.2, -0.15) is 0 Å². The summed E-state index contributed by atoms with van der Waals surface area (Å²) in [6.45, 7) is 3.07. The standard InChI is InChI=1S/C22H36ClIN2O2/c1-2-3-4-5-6-7-8-9-10-11-12-13-14-15-16-25-18-17-19(24)26-21(20(18)23)22(27)28/h17H,2-16H2,1H3,(H,25,26)(H,27,28). The number of halogens is 2. The minimum atomic E-state index is -1.09. The van der Waals surface area contributed by atoms with E-state index in [1.807, 2.05) is 22.6 Å². The van der Waals surface area contributed by atoms with Crippen molar-refractivity contribution in [1.29, 1.82) is 0 Å². The van der Waals surface area contributed by atoms with Gasteiger partial charge in [0.1, 0.15) is 3.70 Å². The normalized spacial score (nSPS) is 11.0. The average molecular weight is 523 g/mol. The highest BCUT2D eigenvalue weighted by Crippen LogP contribution is 2.26. The lowest BCUT2D eigenvalue weighted by atomic mass is 10.0. The summed E-state index contributed by atoms with van der Waals surface area (Å²) < 4.78 is 0.628. The van der Waals surface area contributed by atoms with Crippen LogP contribution in [0.5, 0.6) is 0 Å². The van der Waals surface area contributed by atoms with Crippen LogP contribution in [0.25, 0.3) is 0 Å². The molecule has 0 fully saturated rings. The van der Waals surface area contributed by atoms with E-state index in [9.17, 15) is 4.79 Å². The summed E-state index contributed by atoms with van der Waals surface area (Å²) >= 11 is 8.14. The summed E-state index contributed by atoms with van der Waals surface area (Å²) in [5.41, 5.74) is 0.574. The molecule has 0 bridgehead atoms. The lowest BCUT2D eigenvalue weighted by Gasteiger charge is -2.10. The molecule has 4 nitrogen and oxygen atoms in total. The fourth-order valence-electron chi connectivity index (χ4n) is 3.31. The second kappa shape index (κ2) is 16.3. The predicted octanol–water partition coefficient (Wildman–Crippen LogP) is 7.93. The highest BCUT2D eigenvalue weighted by molar-refractivity contribution is 14.1. The number of carboxylic acid groups (broad SMARTS) is 1. The lowest BCUT2D eigenvalue weighted by molar-refractivity contribution is 0.0690. The molecule has 2 N–H and O–H groups in total. The van der Waals surface area contributed by atoms with Crippen molar-refractivity contribution in [2.24, 2.45) is 0 Å². The van der Waals surface area contributed by atoms with Gasteiger partial charge >= 0.3 is 5.97 Å². The summed E-state index contributed by atoms with van der Waals surface area (Å²) in [6, 6.07) is 1.79. The van der Waals surface area contributed by atoms with Crippen LogP contribution in [0.1, 0.15) is 107 Å². The Bertz CT molecular complexity index is 570. The Morgan fingerprint density at radius 3 is 1.89 bits per heavy atom. The monoisotopic (exact) mass is 522 g/mol. The molecule has 0 atom stereocenters. The molecule has 1 aromatic heterocycles. The van der Waals surface area contributed by atoms with Gasteiger partial charge in [0.2, 0.25) is 0 Å². The Labute approximate surface area is 189 Å². The van der Waals surface area contributed by atoms with Crippen LogP contribution in [0.4, 0.5) is 5.69 Å².